The van der Waals surface area contributed by atoms with Crippen molar-refractivity contribution in [2.75, 3.05) is 39.8 Å². The molecule has 14 heteroatoms. The molecule has 208 valence electrons. The maximum atomic E-state index is 13.7. The Kier molecular flexibility index (Phi) is 8.51. The van der Waals surface area contributed by atoms with Gasteiger partial charge in [-0.2, -0.15) is 13.2 Å². The van der Waals surface area contributed by atoms with Gasteiger partial charge < -0.3 is 18.9 Å². The van der Waals surface area contributed by atoms with Gasteiger partial charge in [0.2, 0.25) is 15.9 Å². The molecule has 1 aromatic heterocycles. The number of carbonyl (C=O) groups is 1. The van der Waals surface area contributed by atoms with E-state index in [4.69, 9.17) is 18.9 Å². The number of pyridine rings is 1. The summed E-state index contributed by atoms with van der Waals surface area (Å²) in [6.07, 6.45) is -2.25. The molecule has 1 aliphatic carbocycles. The number of alkyl halides is 3. The highest BCUT2D eigenvalue weighted by Gasteiger charge is 2.46. The van der Waals surface area contributed by atoms with E-state index in [0.29, 0.717) is 32.1 Å². The number of nitrogens with one attached hydrogen (secondary N) is 1. The van der Waals surface area contributed by atoms with Crippen LogP contribution in [-0.4, -0.2) is 88.4 Å². The van der Waals surface area contributed by atoms with Crippen molar-refractivity contribution in [2.24, 2.45) is 0 Å². The van der Waals surface area contributed by atoms with Crippen molar-refractivity contribution in [3.8, 4) is 5.88 Å². The third-order valence-corrected chi connectivity index (χ3v) is 7.73. The van der Waals surface area contributed by atoms with Crippen molar-refractivity contribution >= 4 is 16.1 Å². The highest BCUT2D eigenvalue weighted by Crippen LogP contribution is 2.41. The third kappa shape index (κ3) is 6.84. The molecule has 3 atom stereocenters. The van der Waals surface area contributed by atoms with Gasteiger partial charge in [-0.05, 0) is 38.2 Å². The van der Waals surface area contributed by atoms with Crippen LogP contribution >= 0.6 is 0 Å². The highest BCUT2D eigenvalue weighted by atomic mass is 32.2. The van der Waals surface area contributed by atoms with E-state index in [1.165, 1.54) is 18.1 Å². The first-order valence-electron chi connectivity index (χ1n) is 12.2. The van der Waals surface area contributed by atoms with E-state index < -0.39 is 51.9 Å². The minimum Gasteiger partial charge on any atom is -0.474 e. The number of ether oxygens (including phenoxy) is 4. The summed E-state index contributed by atoms with van der Waals surface area (Å²) < 4.78 is 90.0. The van der Waals surface area contributed by atoms with Crippen LogP contribution in [0, 0.1) is 0 Å². The number of halogens is 3. The monoisotopic (exact) mass is 551 g/mol. The lowest BCUT2D eigenvalue weighted by molar-refractivity contribution is -0.138. The highest BCUT2D eigenvalue weighted by molar-refractivity contribution is 7.88. The fourth-order valence-electron chi connectivity index (χ4n) is 5.43. The van der Waals surface area contributed by atoms with Crippen LogP contribution in [0.1, 0.15) is 49.3 Å². The Balaban J connectivity index is 1.60. The van der Waals surface area contributed by atoms with Gasteiger partial charge in [-0.25, -0.2) is 22.9 Å². The van der Waals surface area contributed by atoms with Crippen molar-refractivity contribution in [1.29, 1.82) is 0 Å². The van der Waals surface area contributed by atoms with E-state index in [1.54, 1.807) is 0 Å². The first kappa shape index (κ1) is 27.9. The van der Waals surface area contributed by atoms with Crippen LogP contribution < -0.4 is 9.46 Å². The standard InChI is InChI=1S/C23H32F3N3O7S/c1-33-12-15-11-18(28-37(2,31)32)19-13-36-16-5-3-14(4-6-16)21-17(23(24,25)26)7-8-20(27-21)34-9-10-35-22(30)29(15)19/h7-8,14-16,18-19,28H,3-6,9-13H2,1-2H3/t14?,15-,16?,18-,19?/m0/s1. The van der Waals surface area contributed by atoms with Crippen LogP contribution in [0.2, 0.25) is 0 Å². The molecule has 2 fully saturated rings. The second kappa shape index (κ2) is 11.3. The number of sulfonamides is 1. The number of fused-ring (bicyclic) bond motifs is 7. The summed E-state index contributed by atoms with van der Waals surface area (Å²) in [6, 6.07) is 0.431. The SMILES string of the molecule is COC[C@@H]1C[C@H](NS(C)(=O)=O)C2COC3CCC(CC3)c3nc(ccc3C(F)(F)F)OCCOC(=O)N21. The normalized spacial score (nSPS) is 29.5. The lowest BCUT2D eigenvalue weighted by atomic mass is 9.83. The summed E-state index contributed by atoms with van der Waals surface area (Å²) in [6.45, 7) is -0.0919. The van der Waals surface area contributed by atoms with Crippen LogP contribution in [0.5, 0.6) is 5.88 Å². The molecule has 1 amide bonds. The summed E-state index contributed by atoms with van der Waals surface area (Å²) in [5, 5.41) is 0. The van der Waals surface area contributed by atoms with Crippen LogP contribution in [-0.2, 0) is 30.4 Å². The molecule has 4 aliphatic rings. The van der Waals surface area contributed by atoms with Gasteiger partial charge in [0.05, 0.1) is 48.9 Å². The van der Waals surface area contributed by atoms with Gasteiger partial charge >= 0.3 is 12.3 Å². The molecule has 1 saturated carbocycles. The first-order chi connectivity index (χ1) is 17.5. The van der Waals surface area contributed by atoms with Gasteiger partial charge in [-0.1, -0.05) is 0 Å². The molecule has 0 spiro atoms. The minimum absolute atomic E-state index is 0.0261. The number of carbonyl (C=O) groups excluding carboxylic acids is 1. The molecule has 1 N–H and O–H groups in total. The molecule has 1 saturated heterocycles. The van der Waals surface area contributed by atoms with E-state index in [9.17, 15) is 26.4 Å². The topological polar surface area (TPSA) is 116 Å². The molecular formula is C23H32F3N3O7S. The molecule has 0 aromatic carbocycles. The van der Waals surface area contributed by atoms with Gasteiger partial charge in [0.15, 0.2) is 0 Å². The van der Waals surface area contributed by atoms with E-state index in [1.807, 2.05) is 0 Å². The maximum absolute atomic E-state index is 13.7. The van der Waals surface area contributed by atoms with Crippen molar-refractivity contribution in [3.05, 3.63) is 23.4 Å². The Hall–Kier alpha value is -2.16. The van der Waals surface area contributed by atoms with Gasteiger partial charge in [0.25, 0.3) is 0 Å². The van der Waals surface area contributed by atoms with Crippen molar-refractivity contribution in [3.63, 3.8) is 0 Å². The average molecular weight is 552 g/mol. The Labute approximate surface area is 213 Å². The molecule has 4 bridgehead atoms. The summed E-state index contributed by atoms with van der Waals surface area (Å²) in [7, 11) is -2.09. The Morgan fingerprint density at radius 2 is 1.86 bits per heavy atom. The zero-order chi connectivity index (χ0) is 26.8. The maximum Gasteiger partial charge on any atom is 0.418 e. The molecule has 1 unspecified atom stereocenters. The lowest BCUT2D eigenvalue weighted by Crippen LogP contribution is -2.51. The number of aromatic nitrogens is 1. The zero-order valence-electron chi connectivity index (χ0n) is 20.7. The second-order valence-electron chi connectivity index (χ2n) is 9.67. The molecule has 37 heavy (non-hydrogen) atoms. The number of amides is 1. The number of hydrogen-bond donors (Lipinski definition) is 1. The molecule has 0 radical (unpaired) electrons. The fraction of sp³-hybridized carbons (Fsp3) is 0.739. The quantitative estimate of drug-likeness (QED) is 0.607. The molecule has 3 aliphatic heterocycles. The van der Waals surface area contributed by atoms with E-state index in [-0.39, 0.29) is 44.1 Å². The van der Waals surface area contributed by atoms with Crippen molar-refractivity contribution in [1.82, 2.24) is 14.6 Å². The van der Waals surface area contributed by atoms with Gasteiger partial charge in [0.1, 0.15) is 13.2 Å². The molecule has 1 aromatic rings. The summed E-state index contributed by atoms with van der Waals surface area (Å²) in [5.74, 6) is -0.377. The van der Waals surface area contributed by atoms with E-state index in [2.05, 4.69) is 9.71 Å². The van der Waals surface area contributed by atoms with Gasteiger partial charge in [0, 0.05) is 25.1 Å². The number of rotatable bonds is 4. The predicted molar refractivity (Wildman–Crippen MR) is 125 cm³/mol. The van der Waals surface area contributed by atoms with Crippen LogP contribution in [0.25, 0.3) is 0 Å². The van der Waals surface area contributed by atoms with Gasteiger partial charge in [-0.15, -0.1) is 0 Å². The Bertz CT molecular complexity index is 1060. The van der Waals surface area contributed by atoms with Crippen LogP contribution in [0.4, 0.5) is 18.0 Å². The Morgan fingerprint density at radius 3 is 2.51 bits per heavy atom. The summed E-state index contributed by atoms with van der Waals surface area (Å²) in [4.78, 5) is 18.7. The first-order valence-corrected chi connectivity index (χ1v) is 14.1. The predicted octanol–water partition coefficient (Wildman–Crippen LogP) is 2.68. The minimum atomic E-state index is -4.54. The summed E-state index contributed by atoms with van der Waals surface area (Å²) >= 11 is 0. The fourth-order valence-corrected chi connectivity index (χ4v) is 6.23. The van der Waals surface area contributed by atoms with Crippen molar-refractivity contribution in [2.45, 2.75) is 68.4 Å². The van der Waals surface area contributed by atoms with Crippen LogP contribution in [0.15, 0.2) is 12.1 Å². The van der Waals surface area contributed by atoms with E-state index >= 15 is 0 Å². The largest absolute Gasteiger partial charge is 0.474 e. The van der Waals surface area contributed by atoms with E-state index in [0.717, 1.165) is 12.3 Å². The average Bonchev–Trinajstić information content (AvgIpc) is 3.14. The molecule has 5 rings (SSSR count). The summed E-state index contributed by atoms with van der Waals surface area (Å²) in [5.41, 5.74) is -0.827. The van der Waals surface area contributed by atoms with Crippen LogP contribution in [0.3, 0.4) is 0 Å². The molecule has 10 nitrogen and oxygen atoms in total. The number of methoxy groups -OCH3 is 1. The number of nitrogens with zero attached hydrogens (tertiary/aromatic N) is 2. The zero-order valence-corrected chi connectivity index (χ0v) is 21.5. The number of hydrogen-bond acceptors (Lipinski definition) is 8. The Morgan fingerprint density at radius 1 is 1.16 bits per heavy atom. The van der Waals surface area contributed by atoms with Crippen molar-refractivity contribution < 1.29 is 45.3 Å². The smallest absolute Gasteiger partial charge is 0.418 e. The third-order valence-electron chi connectivity index (χ3n) is 7.00. The molecule has 4 heterocycles. The van der Waals surface area contributed by atoms with Gasteiger partial charge in [-0.3, -0.25) is 4.90 Å². The second-order valence-corrected chi connectivity index (χ2v) is 11.4. The molecular weight excluding hydrogens is 519 g/mol. The lowest BCUT2D eigenvalue weighted by Gasteiger charge is -2.34.